The fourth-order valence-electron chi connectivity index (χ4n) is 0.643. The molecule has 0 rings (SSSR count). The van der Waals surface area contributed by atoms with Crippen molar-refractivity contribution in [2.24, 2.45) is 0 Å². The predicted molar refractivity (Wildman–Crippen MR) is 58.1 cm³/mol. The number of esters is 1. The van der Waals surface area contributed by atoms with Gasteiger partial charge in [-0.3, -0.25) is 4.79 Å². The van der Waals surface area contributed by atoms with Gasteiger partial charge in [-0.1, -0.05) is 18.3 Å². The molecule has 0 aromatic heterocycles. The minimum atomic E-state index is -0.633. The number of carbonyl (C=O) groups is 2. The van der Waals surface area contributed by atoms with Crippen LogP contribution in [0, 0.1) is 0 Å². The van der Waals surface area contributed by atoms with Crippen LogP contribution >= 0.6 is 11.8 Å². The van der Waals surface area contributed by atoms with E-state index in [-0.39, 0.29) is 5.12 Å². The Bertz CT molecular complexity index is 256. The Morgan fingerprint density at radius 2 is 1.86 bits per heavy atom. The van der Waals surface area contributed by atoms with Crippen molar-refractivity contribution >= 4 is 22.8 Å². The van der Waals surface area contributed by atoms with E-state index in [0.717, 1.165) is 11.8 Å². The van der Waals surface area contributed by atoms with Crippen molar-refractivity contribution in [3.05, 3.63) is 12.2 Å². The Morgan fingerprint density at radius 3 is 2.21 bits per heavy atom. The molecule has 0 amide bonds. The highest BCUT2D eigenvalue weighted by Crippen LogP contribution is 2.18. The zero-order valence-electron chi connectivity index (χ0n) is 9.05. The lowest BCUT2D eigenvalue weighted by Crippen LogP contribution is -2.31. The molecule has 0 unspecified atom stereocenters. The molecule has 80 valence electrons. The van der Waals surface area contributed by atoms with E-state index in [0.29, 0.717) is 11.3 Å². The van der Waals surface area contributed by atoms with Crippen LogP contribution in [0.4, 0.5) is 0 Å². The molecule has 0 aliphatic heterocycles. The van der Waals surface area contributed by atoms with Gasteiger partial charge >= 0.3 is 5.97 Å². The van der Waals surface area contributed by atoms with Crippen LogP contribution in [0.5, 0.6) is 0 Å². The lowest BCUT2D eigenvalue weighted by molar-refractivity contribution is -0.149. The average Bonchev–Trinajstić information content (AvgIpc) is 2.00. The molecule has 0 spiro atoms. The van der Waals surface area contributed by atoms with Crippen molar-refractivity contribution in [2.45, 2.75) is 33.3 Å². The van der Waals surface area contributed by atoms with Crippen LogP contribution in [0.3, 0.4) is 0 Å². The number of hydrogen-bond acceptors (Lipinski definition) is 4. The van der Waals surface area contributed by atoms with E-state index in [2.05, 4.69) is 6.58 Å². The molecule has 0 saturated carbocycles. The molecular formula is C10H16O3S. The third-order valence-corrected chi connectivity index (χ3v) is 2.59. The van der Waals surface area contributed by atoms with Gasteiger partial charge < -0.3 is 4.74 Å². The topological polar surface area (TPSA) is 43.4 Å². The average molecular weight is 216 g/mol. The first-order valence-corrected chi connectivity index (χ1v) is 5.25. The largest absolute Gasteiger partial charge is 0.455 e. The molecular weight excluding hydrogens is 200 g/mol. The van der Waals surface area contributed by atoms with Crippen LogP contribution in [0.15, 0.2) is 12.2 Å². The van der Waals surface area contributed by atoms with E-state index in [1.165, 1.54) is 6.92 Å². The monoisotopic (exact) mass is 216 g/mol. The maximum atomic E-state index is 11.2. The molecule has 14 heavy (non-hydrogen) atoms. The van der Waals surface area contributed by atoms with Gasteiger partial charge in [-0.25, -0.2) is 4.79 Å². The zero-order chi connectivity index (χ0) is 11.4. The number of hydrogen-bond donors (Lipinski definition) is 0. The molecule has 0 saturated heterocycles. The van der Waals surface area contributed by atoms with Gasteiger partial charge in [0.1, 0.15) is 5.60 Å². The van der Waals surface area contributed by atoms with Crippen LogP contribution in [0.1, 0.15) is 27.7 Å². The van der Waals surface area contributed by atoms with Gasteiger partial charge in [0.2, 0.25) is 0 Å². The predicted octanol–water partition coefficient (Wildman–Crippen LogP) is 2.16. The van der Waals surface area contributed by atoms with Gasteiger partial charge in [-0.05, 0) is 20.8 Å². The maximum absolute atomic E-state index is 11.2. The molecule has 4 heteroatoms. The van der Waals surface area contributed by atoms with E-state index >= 15 is 0 Å². The summed E-state index contributed by atoms with van der Waals surface area (Å²) < 4.78 is 5.14. The Morgan fingerprint density at radius 1 is 1.36 bits per heavy atom. The number of rotatable bonds is 4. The van der Waals surface area contributed by atoms with Gasteiger partial charge in [0.15, 0.2) is 5.12 Å². The Hall–Kier alpha value is -0.770. The smallest absolute Gasteiger partial charge is 0.333 e. The minimum Gasteiger partial charge on any atom is -0.455 e. The highest BCUT2D eigenvalue weighted by atomic mass is 32.2. The van der Waals surface area contributed by atoms with Gasteiger partial charge in [-0.15, -0.1) is 0 Å². The molecule has 0 fully saturated rings. The molecule has 0 aromatic rings. The molecule has 0 N–H and O–H groups in total. The lowest BCUT2D eigenvalue weighted by atomic mass is 10.2. The fourth-order valence-corrected chi connectivity index (χ4v) is 1.25. The van der Waals surface area contributed by atoms with E-state index in [9.17, 15) is 9.59 Å². The standard InChI is InChI=1S/C10H16O3S/c1-7(2)9(12)13-10(4,5)6-14-8(3)11/h1,6H2,2-5H3. The molecule has 3 nitrogen and oxygen atoms in total. The van der Waals surface area contributed by atoms with Crippen LogP contribution in [0.25, 0.3) is 0 Å². The molecule has 0 aliphatic rings. The van der Waals surface area contributed by atoms with Crippen molar-refractivity contribution in [3.63, 3.8) is 0 Å². The lowest BCUT2D eigenvalue weighted by Gasteiger charge is -2.24. The summed E-state index contributed by atoms with van der Waals surface area (Å²) in [4.78, 5) is 21.9. The summed E-state index contributed by atoms with van der Waals surface area (Å²) >= 11 is 1.15. The van der Waals surface area contributed by atoms with E-state index in [1.807, 2.05) is 0 Å². The Balaban J connectivity index is 4.13. The molecule has 0 heterocycles. The molecule has 0 aliphatic carbocycles. The quantitative estimate of drug-likeness (QED) is 0.533. The zero-order valence-corrected chi connectivity index (χ0v) is 9.86. The summed E-state index contributed by atoms with van der Waals surface area (Å²) in [5.41, 5.74) is -0.266. The number of carbonyl (C=O) groups excluding carboxylic acids is 2. The second-order valence-electron chi connectivity index (χ2n) is 3.71. The van der Waals surface area contributed by atoms with Crippen molar-refractivity contribution in [3.8, 4) is 0 Å². The van der Waals surface area contributed by atoms with Gasteiger partial charge in [-0.2, -0.15) is 0 Å². The van der Waals surface area contributed by atoms with Crippen LogP contribution in [-0.4, -0.2) is 22.4 Å². The second-order valence-corrected chi connectivity index (χ2v) is 4.86. The number of ether oxygens (including phenoxy) is 1. The SMILES string of the molecule is C=C(C)C(=O)OC(C)(C)CSC(C)=O. The Kier molecular flexibility index (Phi) is 4.91. The highest BCUT2D eigenvalue weighted by molar-refractivity contribution is 8.13. The number of thioether (sulfide) groups is 1. The van der Waals surface area contributed by atoms with Crippen molar-refractivity contribution in [2.75, 3.05) is 5.75 Å². The van der Waals surface area contributed by atoms with E-state index in [1.54, 1.807) is 20.8 Å². The first-order chi connectivity index (χ1) is 6.24. The van der Waals surface area contributed by atoms with Crippen molar-refractivity contribution in [1.29, 1.82) is 0 Å². The van der Waals surface area contributed by atoms with E-state index < -0.39 is 11.6 Å². The first kappa shape index (κ1) is 13.2. The molecule has 0 radical (unpaired) electrons. The van der Waals surface area contributed by atoms with Crippen LogP contribution < -0.4 is 0 Å². The van der Waals surface area contributed by atoms with Crippen LogP contribution in [0.2, 0.25) is 0 Å². The van der Waals surface area contributed by atoms with Gasteiger partial charge in [0.05, 0.1) is 0 Å². The summed E-state index contributed by atoms with van der Waals surface area (Å²) in [5, 5.41) is 0.0180. The summed E-state index contributed by atoms with van der Waals surface area (Å²) in [6, 6.07) is 0. The molecule has 0 aromatic carbocycles. The normalized spacial score (nSPS) is 10.9. The third kappa shape index (κ3) is 5.80. The Labute approximate surface area is 88.9 Å². The van der Waals surface area contributed by atoms with Crippen molar-refractivity contribution in [1.82, 2.24) is 0 Å². The molecule has 0 bridgehead atoms. The summed E-state index contributed by atoms with van der Waals surface area (Å²) in [7, 11) is 0. The highest BCUT2D eigenvalue weighted by Gasteiger charge is 2.23. The third-order valence-electron chi connectivity index (χ3n) is 1.34. The van der Waals surface area contributed by atoms with Crippen molar-refractivity contribution < 1.29 is 14.3 Å². The summed E-state index contributed by atoms with van der Waals surface area (Å²) in [6.07, 6.45) is 0. The fraction of sp³-hybridized carbons (Fsp3) is 0.600. The second kappa shape index (κ2) is 5.20. The summed E-state index contributed by atoms with van der Waals surface area (Å²) in [5.74, 6) is 0.0422. The summed E-state index contributed by atoms with van der Waals surface area (Å²) in [6.45, 7) is 10.1. The van der Waals surface area contributed by atoms with Gasteiger partial charge in [0, 0.05) is 18.2 Å². The minimum absolute atomic E-state index is 0.0180. The van der Waals surface area contributed by atoms with Gasteiger partial charge in [0.25, 0.3) is 0 Å². The maximum Gasteiger partial charge on any atom is 0.333 e. The molecule has 0 atom stereocenters. The van der Waals surface area contributed by atoms with E-state index in [4.69, 9.17) is 4.74 Å². The van der Waals surface area contributed by atoms with Crippen LogP contribution in [-0.2, 0) is 14.3 Å². The first-order valence-electron chi connectivity index (χ1n) is 4.27.